The van der Waals surface area contributed by atoms with Gasteiger partial charge in [-0.1, -0.05) is 71.5 Å². The van der Waals surface area contributed by atoms with Crippen LogP contribution in [0.3, 0.4) is 0 Å². The summed E-state index contributed by atoms with van der Waals surface area (Å²) in [7, 11) is 1.57. The molecule has 42 heavy (non-hydrogen) atoms. The third kappa shape index (κ3) is 4.55. The molecule has 6 rings (SSSR count). The first-order chi connectivity index (χ1) is 20.3. The van der Waals surface area contributed by atoms with Crippen LogP contribution in [0.4, 0.5) is 5.69 Å². The van der Waals surface area contributed by atoms with Crippen molar-refractivity contribution in [2.75, 3.05) is 18.6 Å². The summed E-state index contributed by atoms with van der Waals surface area (Å²) in [5.74, 6) is -0.215. The van der Waals surface area contributed by atoms with Crippen molar-refractivity contribution < 1.29 is 19.1 Å². The van der Waals surface area contributed by atoms with Gasteiger partial charge in [0.1, 0.15) is 10.3 Å². The second kappa shape index (κ2) is 11.1. The number of hydrogen-bond acceptors (Lipinski definition) is 7. The van der Waals surface area contributed by atoms with Crippen molar-refractivity contribution in [3.63, 3.8) is 0 Å². The number of amides is 1. The smallest absolute Gasteiger partial charge is 0.338 e. The highest BCUT2D eigenvalue weighted by atomic mass is 35.5. The van der Waals surface area contributed by atoms with E-state index in [2.05, 4.69) is 4.99 Å². The molecule has 1 atom stereocenters. The maximum atomic E-state index is 14.3. The number of nitrogens with zero attached hydrogens (tertiary/aromatic N) is 3. The number of aromatic nitrogens is 1. The van der Waals surface area contributed by atoms with Gasteiger partial charge >= 0.3 is 5.97 Å². The lowest BCUT2D eigenvalue weighted by Gasteiger charge is -2.24. The lowest BCUT2D eigenvalue weighted by molar-refractivity contribution is -0.139. The topological polar surface area (TPSA) is 90.2 Å². The fourth-order valence-electron chi connectivity index (χ4n) is 5.40. The highest BCUT2D eigenvalue weighted by molar-refractivity contribution is 7.07. The van der Waals surface area contributed by atoms with Crippen LogP contribution in [-0.4, -0.2) is 30.2 Å². The van der Waals surface area contributed by atoms with Crippen LogP contribution in [0.15, 0.2) is 93.9 Å². The molecular formula is C32H26ClN3O5S. The van der Waals surface area contributed by atoms with Crippen molar-refractivity contribution in [1.82, 2.24) is 4.57 Å². The van der Waals surface area contributed by atoms with Crippen molar-refractivity contribution in [3.8, 4) is 5.75 Å². The Morgan fingerprint density at radius 2 is 1.74 bits per heavy atom. The Kier molecular flexibility index (Phi) is 7.30. The van der Waals surface area contributed by atoms with Crippen LogP contribution in [0.1, 0.15) is 36.6 Å². The first-order valence-corrected chi connectivity index (χ1v) is 14.5. The van der Waals surface area contributed by atoms with Gasteiger partial charge in [0.2, 0.25) is 0 Å². The van der Waals surface area contributed by atoms with Crippen LogP contribution in [0.5, 0.6) is 5.75 Å². The molecule has 212 valence electrons. The average Bonchev–Trinajstić information content (AvgIpc) is 3.45. The molecule has 0 saturated heterocycles. The largest absolute Gasteiger partial charge is 0.497 e. The van der Waals surface area contributed by atoms with Gasteiger partial charge in [-0.3, -0.25) is 14.2 Å². The Morgan fingerprint density at radius 1 is 1.02 bits per heavy atom. The van der Waals surface area contributed by atoms with E-state index in [4.69, 9.17) is 21.1 Å². The SMILES string of the molecule is CCOC(=O)C1=C(C)N=c2sc(=C3C(=O)N(Cc4ccccc4Cl)c4ccccc43)c(=O)n2C1c1ccc(OC)cc1. The number of ether oxygens (including phenoxy) is 2. The monoisotopic (exact) mass is 599 g/mol. The first-order valence-electron chi connectivity index (χ1n) is 13.3. The molecule has 0 radical (unpaired) electrons. The Hall–Kier alpha value is -4.47. The van der Waals surface area contributed by atoms with Crippen LogP contribution in [0.2, 0.25) is 5.02 Å². The summed E-state index contributed by atoms with van der Waals surface area (Å²) in [4.78, 5) is 48.3. The minimum Gasteiger partial charge on any atom is -0.497 e. The minimum absolute atomic E-state index is 0.173. The zero-order valence-electron chi connectivity index (χ0n) is 23.1. The van der Waals surface area contributed by atoms with Gasteiger partial charge < -0.3 is 14.4 Å². The zero-order valence-corrected chi connectivity index (χ0v) is 24.7. The number of halogens is 1. The van der Waals surface area contributed by atoms with Crippen molar-refractivity contribution in [2.45, 2.75) is 26.4 Å². The number of carbonyl (C=O) groups is 2. The molecule has 2 aliphatic rings. The molecule has 0 bridgehead atoms. The maximum Gasteiger partial charge on any atom is 0.338 e. The molecule has 0 spiro atoms. The predicted molar refractivity (Wildman–Crippen MR) is 161 cm³/mol. The summed E-state index contributed by atoms with van der Waals surface area (Å²) >= 11 is 7.57. The Labute approximate surface area is 250 Å². The number of anilines is 1. The Bertz CT molecular complexity index is 1960. The van der Waals surface area contributed by atoms with Gasteiger partial charge in [-0.2, -0.15) is 0 Å². The molecule has 1 amide bonds. The number of carbonyl (C=O) groups excluding carboxylic acids is 2. The first kappa shape index (κ1) is 27.7. The quantitative estimate of drug-likeness (QED) is 0.307. The van der Waals surface area contributed by atoms with Crippen LogP contribution < -0.4 is 24.5 Å². The molecule has 1 aromatic heterocycles. The third-order valence-electron chi connectivity index (χ3n) is 7.36. The zero-order chi connectivity index (χ0) is 29.5. The van der Waals surface area contributed by atoms with Crippen LogP contribution >= 0.6 is 22.9 Å². The van der Waals surface area contributed by atoms with Gasteiger partial charge in [-0.05, 0) is 49.2 Å². The van der Waals surface area contributed by atoms with Crippen molar-refractivity contribution >= 4 is 46.1 Å². The number of esters is 1. The molecule has 3 heterocycles. The number of rotatable bonds is 6. The van der Waals surface area contributed by atoms with Crippen LogP contribution in [0.25, 0.3) is 5.57 Å². The molecule has 2 aliphatic heterocycles. The van der Waals surface area contributed by atoms with Gasteiger partial charge in [0.05, 0.1) is 48.8 Å². The molecule has 0 aliphatic carbocycles. The summed E-state index contributed by atoms with van der Waals surface area (Å²) in [6, 6.07) is 21.1. The molecular weight excluding hydrogens is 574 g/mol. The molecule has 0 fully saturated rings. The predicted octanol–water partition coefficient (Wildman–Crippen LogP) is 4.38. The number of hydrogen-bond donors (Lipinski definition) is 0. The molecule has 0 N–H and O–H groups in total. The van der Waals surface area contributed by atoms with E-state index in [0.29, 0.717) is 43.7 Å². The number of methoxy groups -OCH3 is 1. The number of allylic oxidation sites excluding steroid dienone is 1. The summed E-state index contributed by atoms with van der Waals surface area (Å²) in [5.41, 5.74) is 3.43. The Morgan fingerprint density at radius 3 is 2.45 bits per heavy atom. The standard InChI is InChI=1S/C32H26ClN3O5S/c1-4-41-31(39)25-18(2)34-32-36(27(25)19-13-15-21(40-3)16-14-19)30(38)28(42-32)26-22-10-6-8-12-24(22)35(29(26)37)17-20-9-5-7-11-23(20)33/h5-16,27H,4,17H2,1-3H3. The second-order valence-corrected chi connectivity index (χ2v) is 11.2. The van der Waals surface area contributed by atoms with Gasteiger partial charge in [-0.15, -0.1) is 0 Å². The van der Waals surface area contributed by atoms with Crippen molar-refractivity contribution in [2.24, 2.45) is 4.99 Å². The highest BCUT2D eigenvalue weighted by Crippen LogP contribution is 2.37. The second-order valence-electron chi connectivity index (χ2n) is 9.77. The normalized spacial score (nSPS) is 17.1. The van der Waals surface area contributed by atoms with E-state index < -0.39 is 17.6 Å². The fourth-order valence-corrected chi connectivity index (χ4v) is 6.73. The van der Waals surface area contributed by atoms with Gasteiger partial charge in [0.15, 0.2) is 4.80 Å². The van der Waals surface area contributed by atoms with E-state index in [1.54, 1.807) is 44.1 Å². The number of benzene rings is 3. The van der Waals surface area contributed by atoms with E-state index in [9.17, 15) is 14.4 Å². The highest BCUT2D eigenvalue weighted by Gasteiger charge is 2.37. The Balaban J connectivity index is 1.57. The van der Waals surface area contributed by atoms with Crippen LogP contribution in [-0.2, 0) is 20.9 Å². The summed E-state index contributed by atoms with van der Waals surface area (Å²) in [6.45, 7) is 3.87. The van der Waals surface area contributed by atoms with Gasteiger partial charge in [0, 0.05) is 10.6 Å². The molecule has 1 unspecified atom stereocenters. The van der Waals surface area contributed by atoms with E-state index in [1.807, 2.05) is 54.6 Å². The van der Waals surface area contributed by atoms with Crippen molar-refractivity contribution in [3.05, 3.63) is 125 Å². The minimum atomic E-state index is -0.800. The summed E-state index contributed by atoms with van der Waals surface area (Å²) in [5, 5.41) is 0.553. The van der Waals surface area contributed by atoms with E-state index in [-0.39, 0.29) is 29.2 Å². The van der Waals surface area contributed by atoms with Gasteiger partial charge in [0.25, 0.3) is 11.5 Å². The molecule has 8 nitrogen and oxygen atoms in total. The number of fused-ring (bicyclic) bond motifs is 2. The molecule has 4 aromatic rings. The van der Waals surface area contributed by atoms with Crippen molar-refractivity contribution in [1.29, 1.82) is 0 Å². The van der Waals surface area contributed by atoms with E-state index >= 15 is 0 Å². The average molecular weight is 600 g/mol. The fraction of sp³-hybridized carbons (Fsp3) is 0.188. The number of para-hydroxylation sites is 1. The lowest BCUT2D eigenvalue weighted by atomic mass is 9.96. The summed E-state index contributed by atoms with van der Waals surface area (Å²) in [6.07, 6.45) is 0. The summed E-state index contributed by atoms with van der Waals surface area (Å²) < 4.78 is 12.4. The lowest BCUT2D eigenvalue weighted by Crippen LogP contribution is -2.41. The molecule has 10 heteroatoms. The van der Waals surface area contributed by atoms with E-state index in [0.717, 1.165) is 16.9 Å². The van der Waals surface area contributed by atoms with Crippen LogP contribution in [0, 0.1) is 0 Å². The van der Waals surface area contributed by atoms with Gasteiger partial charge in [-0.25, -0.2) is 9.79 Å². The molecule has 3 aromatic carbocycles. The third-order valence-corrected chi connectivity index (χ3v) is 8.78. The number of thiazole rings is 1. The maximum absolute atomic E-state index is 14.3. The van der Waals surface area contributed by atoms with E-state index in [1.165, 1.54) is 4.57 Å². The molecule has 0 saturated carbocycles.